The first-order valence-corrected chi connectivity index (χ1v) is 15.8. The Kier molecular flexibility index (Phi) is 8.59. The summed E-state index contributed by atoms with van der Waals surface area (Å²) in [7, 11) is -18.5. The Morgan fingerprint density at radius 2 is 1.20 bits per heavy atom. The highest BCUT2D eigenvalue weighted by Gasteiger charge is 2.24. The SMILES string of the molecule is Cc1cc(/N=N/c2c(N)c(/N=N/c3ccc([SH](=O)=O)cc3S(=O)(=O)O)cc(S(=O)(=O)O)c2N)c(S(=O)(=O)O)cc1F. The molecule has 41 heavy (non-hydrogen) atoms. The number of nitrogens with two attached hydrogens (primary N) is 2. The van der Waals surface area contributed by atoms with Crippen LogP contribution in [0.15, 0.2) is 76.4 Å². The van der Waals surface area contributed by atoms with Crippen LogP contribution in [0.3, 0.4) is 0 Å². The zero-order chi connectivity index (χ0) is 31.1. The Hall–Kier alpha value is -3.93. The lowest BCUT2D eigenvalue weighted by Gasteiger charge is -2.11. The quantitative estimate of drug-likeness (QED) is 0.0883. The lowest BCUT2D eigenvalue weighted by atomic mass is 10.2. The van der Waals surface area contributed by atoms with E-state index in [1.165, 1.54) is 6.92 Å². The minimum atomic E-state index is -5.12. The second-order valence-corrected chi connectivity index (χ2v) is 13.1. The van der Waals surface area contributed by atoms with E-state index in [0.717, 1.165) is 18.2 Å². The first-order chi connectivity index (χ1) is 18.7. The van der Waals surface area contributed by atoms with Gasteiger partial charge in [-0.15, -0.1) is 20.5 Å². The predicted molar refractivity (Wildman–Crippen MR) is 139 cm³/mol. The second kappa shape index (κ2) is 11.2. The number of rotatable bonds is 8. The largest absolute Gasteiger partial charge is 0.396 e. The van der Waals surface area contributed by atoms with E-state index in [9.17, 15) is 51.7 Å². The summed E-state index contributed by atoms with van der Waals surface area (Å²) in [4.78, 5) is -3.57. The highest BCUT2D eigenvalue weighted by Crippen LogP contribution is 2.43. The van der Waals surface area contributed by atoms with Gasteiger partial charge in [0.25, 0.3) is 30.4 Å². The van der Waals surface area contributed by atoms with Gasteiger partial charge in [0.15, 0.2) is 10.7 Å². The number of hydrogen-bond donors (Lipinski definition) is 6. The topological polar surface area (TPSA) is 299 Å². The minimum Gasteiger partial charge on any atom is -0.396 e. The molecule has 220 valence electrons. The Balaban J connectivity index is 2.27. The molecule has 0 spiro atoms. The van der Waals surface area contributed by atoms with Gasteiger partial charge in [-0.25, -0.2) is 12.8 Å². The molecule has 0 radical (unpaired) electrons. The van der Waals surface area contributed by atoms with Crippen LogP contribution in [-0.4, -0.2) is 47.3 Å². The van der Waals surface area contributed by atoms with Gasteiger partial charge in [-0.2, -0.15) is 25.3 Å². The Labute approximate surface area is 232 Å². The molecule has 3 aromatic carbocycles. The summed E-state index contributed by atoms with van der Waals surface area (Å²) in [5.74, 6) is -1.02. The van der Waals surface area contributed by atoms with E-state index >= 15 is 0 Å². The fourth-order valence-electron chi connectivity index (χ4n) is 3.12. The molecule has 0 aliphatic heterocycles. The number of aryl methyl sites for hydroxylation is 1. The first kappa shape index (κ1) is 31.6. The molecule has 0 atom stereocenters. The van der Waals surface area contributed by atoms with E-state index in [-0.39, 0.29) is 5.56 Å². The van der Waals surface area contributed by atoms with Gasteiger partial charge in [-0.1, -0.05) is 0 Å². The van der Waals surface area contributed by atoms with Gasteiger partial charge >= 0.3 is 0 Å². The van der Waals surface area contributed by atoms with Crippen molar-refractivity contribution in [2.45, 2.75) is 26.5 Å². The molecule has 0 saturated carbocycles. The van der Waals surface area contributed by atoms with Crippen LogP contribution in [0.4, 0.5) is 38.5 Å². The molecule has 3 rings (SSSR count). The molecule has 0 saturated heterocycles. The number of hydrogen-bond acceptors (Lipinski definition) is 14. The van der Waals surface area contributed by atoms with Crippen molar-refractivity contribution in [3.05, 3.63) is 47.8 Å². The van der Waals surface area contributed by atoms with E-state index in [2.05, 4.69) is 20.5 Å². The van der Waals surface area contributed by atoms with Crippen molar-refractivity contribution in [3.63, 3.8) is 0 Å². The smallest absolute Gasteiger partial charge is 0.296 e. The Morgan fingerprint density at radius 1 is 0.683 bits per heavy atom. The molecule has 0 bridgehead atoms. The van der Waals surface area contributed by atoms with Crippen LogP contribution in [0, 0.1) is 12.7 Å². The van der Waals surface area contributed by atoms with E-state index in [1.807, 2.05) is 0 Å². The van der Waals surface area contributed by atoms with Gasteiger partial charge in [-0.05, 0) is 48.9 Å². The Bertz CT molecular complexity index is 2050. The molecule has 3 aromatic rings. The van der Waals surface area contributed by atoms with Crippen molar-refractivity contribution in [2.24, 2.45) is 20.5 Å². The molecule has 17 nitrogen and oxygen atoms in total. The molecule has 0 unspecified atom stereocenters. The van der Waals surface area contributed by atoms with Crippen molar-refractivity contribution in [1.82, 2.24) is 0 Å². The van der Waals surface area contributed by atoms with Crippen LogP contribution in [-0.2, 0) is 41.1 Å². The van der Waals surface area contributed by atoms with Crippen LogP contribution in [0.2, 0.25) is 0 Å². The molecule has 0 heterocycles. The number of anilines is 2. The van der Waals surface area contributed by atoms with Crippen LogP contribution >= 0.6 is 0 Å². The number of halogens is 1. The normalized spacial score (nSPS) is 13.0. The lowest BCUT2D eigenvalue weighted by molar-refractivity contribution is 0.480. The third-order valence-electron chi connectivity index (χ3n) is 5.07. The zero-order valence-corrected chi connectivity index (χ0v) is 23.4. The van der Waals surface area contributed by atoms with E-state index < -0.39 is 101 Å². The molecule has 0 aromatic heterocycles. The van der Waals surface area contributed by atoms with Crippen LogP contribution in [0.25, 0.3) is 0 Å². The fraction of sp³-hybridized carbons (Fsp3) is 0.0526. The van der Waals surface area contributed by atoms with Gasteiger partial charge in [-0.3, -0.25) is 13.7 Å². The van der Waals surface area contributed by atoms with Crippen LogP contribution < -0.4 is 11.5 Å². The second-order valence-electron chi connectivity index (χ2n) is 7.87. The van der Waals surface area contributed by atoms with Gasteiger partial charge in [0, 0.05) is 0 Å². The van der Waals surface area contributed by atoms with E-state index in [1.54, 1.807) is 0 Å². The number of azo groups is 2. The molecule has 0 aliphatic rings. The summed E-state index contributed by atoms with van der Waals surface area (Å²) < 4.78 is 136. The van der Waals surface area contributed by atoms with Crippen molar-refractivity contribution in [3.8, 4) is 0 Å². The maximum atomic E-state index is 13.9. The van der Waals surface area contributed by atoms with E-state index in [0.29, 0.717) is 18.2 Å². The van der Waals surface area contributed by atoms with Gasteiger partial charge in [0.05, 0.1) is 16.3 Å². The molecule has 0 amide bonds. The molecule has 22 heteroatoms. The first-order valence-electron chi connectivity index (χ1n) is 10.3. The summed E-state index contributed by atoms with van der Waals surface area (Å²) >= 11 is 0. The van der Waals surface area contributed by atoms with Crippen molar-refractivity contribution >= 4 is 75.2 Å². The van der Waals surface area contributed by atoms with E-state index in [4.69, 9.17) is 11.5 Å². The summed E-state index contributed by atoms with van der Waals surface area (Å²) in [6.45, 7) is 1.23. The summed E-state index contributed by atoms with van der Waals surface area (Å²) in [5.41, 5.74) is 7.55. The van der Waals surface area contributed by atoms with Gasteiger partial charge in [0.1, 0.15) is 43.3 Å². The molecular formula is C19H17FN6O11S4. The third kappa shape index (κ3) is 7.05. The summed E-state index contributed by atoms with van der Waals surface area (Å²) in [6.07, 6.45) is 0. The monoisotopic (exact) mass is 652 g/mol. The molecule has 7 N–H and O–H groups in total. The number of nitrogen functional groups attached to an aromatic ring is 2. The average molecular weight is 653 g/mol. The molecular weight excluding hydrogens is 636 g/mol. The number of nitrogens with zero attached hydrogens (tertiary/aromatic N) is 4. The number of benzene rings is 3. The van der Waals surface area contributed by atoms with Crippen LogP contribution in [0.1, 0.15) is 5.56 Å². The minimum absolute atomic E-state index is 0.129. The molecule has 0 aliphatic carbocycles. The number of thiol groups is 1. The standard InChI is InChI=1S/C19H17FN6O11S4/c1-8-4-12(15(6-10(8)20)40(32,33)34)24-26-19-17(21)13(7-16(18(19)22)41(35,36)37)25-23-11-3-2-9(38(27)28)5-14(11)39(29,30)31/h2-7,38H,21-22H2,1H3,(H,29,30,31)(H,32,33,34)(H,35,36,37)/b25-23+,26-24+. The van der Waals surface area contributed by atoms with Crippen molar-refractivity contribution in [2.75, 3.05) is 11.5 Å². The average Bonchev–Trinajstić information content (AvgIpc) is 2.83. The summed E-state index contributed by atoms with van der Waals surface area (Å²) in [5, 5.41) is 14.3. The lowest BCUT2D eigenvalue weighted by Crippen LogP contribution is -2.05. The van der Waals surface area contributed by atoms with Gasteiger partial charge < -0.3 is 11.5 Å². The fourth-order valence-corrected chi connectivity index (χ4v) is 5.54. The van der Waals surface area contributed by atoms with Crippen molar-refractivity contribution < 1.29 is 51.7 Å². The molecule has 0 fully saturated rings. The maximum absolute atomic E-state index is 13.9. The Morgan fingerprint density at radius 3 is 1.73 bits per heavy atom. The van der Waals surface area contributed by atoms with Gasteiger partial charge in [0.2, 0.25) is 0 Å². The summed E-state index contributed by atoms with van der Waals surface area (Å²) in [6, 6.07) is 4.26. The highest BCUT2D eigenvalue weighted by atomic mass is 32.2. The zero-order valence-electron chi connectivity index (χ0n) is 20.1. The van der Waals surface area contributed by atoms with Crippen molar-refractivity contribution in [1.29, 1.82) is 0 Å². The maximum Gasteiger partial charge on any atom is 0.296 e. The van der Waals surface area contributed by atoms with Crippen LogP contribution in [0.5, 0.6) is 0 Å². The highest BCUT2D eigenvalue weighted by molar-refractivity contribution is 7.86. The predicted octanol–water partition coefficient (Wildman–Crippen LogP) is 2.84. The third-order valence-corrected chi connectivity index (χ3v) is 8.43.